The second-order valence-electron chi connectivity index (χ2n) is 1.98. The molecule has 1 atom stereocenters. The van der Waals surface area contributed by atoms with Crippen molar-refractivity contribution < 1.29 is 5.11 Å². The van der Waals surface area contributed by atoms with Gasteiger partial charge in [-0.2, -0.15) is 0 Å². The zero-order valence-corrected chi connectivity index (χ0v) is 6.60. The Labute approximate surface area is 41.8 Å². The lowest BCUT2D eigenvalue weighted by Gasteiger charge is -2.04. The van der Waals surface area contributed by atoms with Crippen LogP contribution in [0.2, 0.25) is 0 Å². The topological polar surface area (TPSA) is 20.2 Å². The largest absolute Gasteiger partial charge is 0.397 e. The molecule has 0 spiro atoms. The minimum Gasteiger partial charge on any atom is -0.397 e. The maximum atomic E-state index is 8.69. The molecule has 0 aromatic carbocycles. The van der Waals surface area contributed by atoms with E-state index >= 15 is 0 Å². The van der Waals surface area contributed by atoms with Crippen LogP contribution in [-0.2, 0) is 0 Å². The molecule has 6 heavy (non-hydrogen) atoms. The van der Waals surface area contributed by atoms with Crippen LogP contribution in [0.25, 0.3) is 0 Å². The summed E-state index contributed by atoms with van der Waals surface area (Å²) in [5.74, 6) is 0.469. The van der Waals surface area contributed by atoms with Gasteiger partial charge in [-0.1, -0.05) is 13.8 Å². The van der Waals surface area contributed by atoms with Gasteiger partial charge in [0.2, 0.25) is 0 Å². The van der Waals surface area contributed by atoms with Crippen LogP contribution in [-0.4, -0.2) is 21.1 Å². The zero-order valence-electron chi connectivity index (χ0n) is 4.60. The Morgan fingerprint density at radius 2 is 1.67 bits per heavy atom. The molecule has 0 rings (SSSR count). The first-order valence-electron chi connectivity index (χ1n) is 2.32. The van der Waals surface area contributed by atoms with Crippen molar-refractivity contribution in [1.82, 2.24) is 0 Å². The summed E-state index contributed by atoms with van der Waals surface area (Å²) in [6.45, 7) is 4.05. The molecule has 0 bridgehead atoms. The molecule has 0 aliphatic rings. The quantitative estimate of drug-likeness (QED) is 0.437. The Bertz CT molecular complexity index is 28.5. The van der Waals surface area contributed by atoms with Crippen LogP contribution < -0.4 is 0 Å². The molecule has 1 nitrogen and oxygen atoms in total. The van der Waals surface area contributed by atoms with Gasteiger partial charge in [-0.3, -0.25) is 0 Å². The SMILES string of the molecule is CC(C)C(O)[SiH3]. The van der Waals surface area contributed by atoms with Crippen LogP contribution in [0.1, 0.15) is 13.8 Å². The van der Waals surface area contributed by atoms with Crippen molar-refractivity contribution in [1.29, 1.82) is 0 Å². The lowest BCUT2D eigenvalue weighted by molar-refractivity contribution is 0.204. The van der Waals surface area contributed by atoms with Gasteiger partial charge in [-0.05, 0) is 5.92 Å². The van der Waals surface area contributed by atoms with Gasteiger partial charge < -0.3 is 5.11 Å². The lowest BCUT2D eigenvalue weighted by Crippen LogP contribution is -2.12. The summed E-state index contributed by atoms with van der Waals surface area (Å²) in [5.41, 5.74) is -0.00926. The third kappa shape index (κ3) is 2.42. The first-order chi connectivity index (χ1) is 2.64. The predicted octanol–water partition coefficient (Wildman–Crippen LogP) is -0.674. The van der Waals surface area contributed by atoms with Gasteiger partial charge in [0.25, 0.3) is 0 Å². The van der Waals surface area contributed by atoms with Crippen LogP contribution in [0.4, 0.5) is 0 Å². The van der Waals surface area contributed by atoms with E-state index in [4.69, 9.17) is 5.11 Å². The fourth-order valence-electron chi connectivity index (χ4n) is 0. The van der Waals surface area contributed by atoms with Gasteiger partial charge in [-0.15, -0.1) is 0 Å². The minimum atomic E-state index is -0.00926. The van der Waals surface area contributed by atoms with Crippen LogP contribution in [0.3, 0.4) is 0 Å². The summed E-state index contributed by atoms with van der Waals surface area (Å²) < 4.78 is 0. The van der Waals surface area contributed by atoms with E-state index in [0.29, 0.717) is 5.92 Å². The highest BCUT2D eigenvalue weighted by Gasteiger charge is 1.97. The van der Waals surface area contributed by atoms with E-state index in [2.05, 4.69) is 0 Å². The molecule has 0 aliphatic carbocycles. The Morgan fingerprint density at radius 3 is 1.67 bits per heavy atom. The van der Waals surface area contributed by atoms with Crippen LogP contribution in [0.15, 0.2) is 0 Å². The fraction of sp³-hybridized carbons (Fsp3) is 1.00. The molecule has 38 valence electrons. The molecule has 0 heterocycles. The molecule has 0 amide bonds. The van der Waals surface area contributed by atoms with Crippen molar-refractivity contribution in [3.05, 3.63) is 0 Å². The molecule has 0 aromatic rings. The third-order valence-corrected chi connectivity index (χ3v) is 2.30. The molecular weight excluding hydrogens is 92.1 g/mol. The second-order valence-corrected chi connectivity index (χ2v) is 3.17. The molecule has 0 aromatic heterocycles. The number of aliphatic hydroxyl groups is 1. The van der Waals surface area contributed by atoms with Gasteiger partial charge in [0.05, 0.1) is 0 Å². The summed E-state index contributed by atoms with van der Waals surface area (Å²) >= 11 is 0. The minimum absolute atomic E-state index is 0.00926. The normalized spacial score (nSPS) is 16.0. The summed E-state index contributed by atoms with van der Waals surface area (Å²) in [6.07, 6.45) is 0. The third-order valence-electron chi connectivity index (χ3n) is 0.965. The number of hydrogen-bond acceptors (Lipinski definition) is 1. The molecule has 0 aliphatic heterocycles. The molecule has 0 saturated heterocycles. The molecule has 1 N–H and O–H groups in total. The van der Waals surface area contributed by atoms with E-state index in [1.165, 1.54) is 0 Å². The van der Waals surface area contributed by atoms with Crippen LogP contribution >= 0.6 is 0 Å². The van der Waals surface area contributed by atoms with Gasteiger partial charge in [0, 0.05) is 16.0 Å². The van der Waals surface area contributed by atoms with Crippen molar-refractivity contribution in [2.45, 2.75) is 19.6 Å². The highest BCUT2D eigenvalue weighted by molar-refractivity contribution is 6.10. The highest BCUT2D eigenvalue weighted by Crippen LogP contribution is 1.93. The Kier molecular flexibility index (Phi) is 2.44. The molecule has 1 unspecified atom stereocenters. The van der Waals surface area contributed by atoms with E-state index in [9.17, 15) is 0 Å². The monoisotopic (exact) mass is 104 g/mol. The predicted molar refractivity (Wildman–Crippen MR) is 30.8 cm³/mol. The Balaban J connectivity index is 2.99. The smallest absolute Gasteiger partial charge is 0.0392 e. The van der Waals surface area contributed by atoms with Gasteiger partial charge in [0.1, 0.15) is 0 Å². The first kappa shape index (κ1) is 6.18. The number of rotatable bonds is 1. The Morgan fingerprint density at radius 1 is 1.50 bits per heavy atom. The first-order valence-corrected chi connectivity index (χ1v) is 3.48. The highest BCUT2D eigenvalue weighted by atomic mass is 28.1. The lowest BCUT2D eigenvalue weighted by atomic mass is 10.2. The Hall–Kier alpha value is 0.177. The second kappa shape index (κ2) is 2.37. The van der Waals surface area contributed by atoms with E-state index in [0.717, 1.165) is 10.2 Å². The summed E-state index contributed by atoms with van der Waals surface area (Å²) in [5, 5.41) is 8.69. The van der Waals surface area contributed by atoms with Crippen LogP contribution in [0, 0.1) is 5.92 Å². The summed E-state index contributed by atoms with van der Waals surface area (Å²) in [7, 11) is 0.909. The van der Waals surface area contributed by atoms with E-state index in [1.807, 2.05) is 13.8 Å². The van der Waals surface area contributed by atoms with E-state index in [1.54, 1.807) is 0 Å². The average molecular weight is 104 g/mol. The van der Waals surface area contributed by atoms with Crippen molar-refractivity contribution >= 4 is 10.2 Å². The molecule has 0 fully saturated rings. The number of aliphatic hydroxyl groups excluding tert-OH is 1. The van der Waals surface area contributed by atoms with Crippen molar-refractivity contribution in [3.63, 3.8) is 0 Å². The van der Waals surface area contributed by atoms with E-state index < -0.39 is 0 Å². The summed E-state index contributed by atoms with van der Waals surface area (Å²) in [6, 6.07) is 0. The van der Waals surface area contributed by atoms with Crippen molar-refractivity contribution in [2.75, 3.05) is 0 Å². The van der Waals surface area contributed by atoms with Gasteiger partial charge in [-0.25, -0.2) is 0 Å². The van der Waals surface area contributed by atoms with Gasteiger partial charge in [0.15, 0.2) is 0 Å². The van der Waals surface area contributed by atoms with Crippen LogP contribution in [0.5, 0.6) is 0 Å². The zero-order chi connectivity index (χ0) is 5.15. The molecule has 0 radical (unpaired) electrons. The average Bonchev–Trinajstić information content (AvgIpc) is 1.36. The maximum Gasteiger partial charge on any atom is 0.0392 e. The number of hydrogen-bond donors (Lipinski definition) is 1. The molecule has 0 saturated carbocycles. The van der Waals surface area contributed by atoms with Gasteiger partial charge >= 0.3 is 0 Å². The van der Waals surface area contributed by atoms with Crippen molar-refractivity contribution in [2.24, 2.45) is 5.92 Å². The van der Waals surface area contributed by atoms with E-state index in [-0.39, 0.29) is 5.73 Å². The standard InChI is InChI=1S/C4H12OSi/c1-3(2)4(5)6/h3-5H,1-2,6H3. The molecule has 2 heteroatoms. The van der Waals surface area contributed by atoms with Crippen molar-refractivity contribution in [3.8, 4) is 0 Å². The summed E-state index contributed by atoms with van der Waals surface area (Å²) in [4.78, 5) is 0. The fourth-order valence-corrected chi connectivity index (χ4v) is 0. The molecular formula is C4H12OSi. The maximum absolute atomic E-state index is 8.69.